The molecule has 1 fully saturated rings. The van der Waals surface area contributed by atoms with Gasteiger partial charge in [0.05, 0.1) is 22.1 Å². The highest BCUT2D eigenvalue weighted by Gasteiger charge is 2.36. The summed E-state index contributed by atoms with van der Waals surface area (Å²) in [5, 5.41) is 5.32. The minimum Gasteiger partial charge on any atom is -0.309 e. The number of benzene rings is 6. The molecule has 44 heavy (non-hydrogen) atoms. The van der Waals surface area contributed by atoms with E-state index in [2.05, 4.69) is 155 Å². The minimum absolute atomic E-state index is 0.00741. The van der Waals surface area contributed by atoms with Crippen LogP contribution in [0, 0.1) is 0 Å². The number of hydrogen-bond acceptors (Lipinski definition) is 0. The third-order valence-corrected chi connectivity index (χ3v) is 10.2. The third-order valence-electron chi connectivity index (χ3n) is 10.2. The largest absolute Gasteiger partial charge is 0.309 e. The molecule has 0 spiro atoms. The van der Waals surface area contributed by atoms with Gasteiger partial charge in [0.1, 0.15) is 0 Å². The van der Waals surface area contributed by atoms with Crippen LogP contribution in [-0.4, -0.2) is 9.13 Å². The lowest BCUT2D eigenvalue weighted by molar-refractivity contribution is 0.346. The predicted octanol–water partition coefficient (Wildman–Crippen LogP) is 11.1. The van der Waals surface area contributed by atoms with Crippen LogP contribution in [-0.2, 0) is 5.41 Å². The van der Waals surface area contributed by atoms with Crippen LogP contribution in [0.4, 0.5) is 0 Å². The number of para-hydroxylation sites is 4. The average molecular weight is 567 g/mol. The Morgan fingerprint density at radius 2 is 0.773 bits per heavy atom. The summed E-state index contributed by atoms with van der Waals surface area (Å²) < 4.78 is 4.85. The lowest BCUT2D eigenvalue weighted by atomic mass is 9.65. The van der Waals surface area contributed by atoms with E-state index >= 15 is 0 Å². The van der Waals surface area contributed by atoms with Crippen molar-refractivity contribution in [3.63, 3.8) is 0 Å². The summed E-state index contributed by atoms with van der Waals surface area (Å²) in [5.41, 5.74) is 10.4. The van der Waals surface area contributed by atoms with Crippen molar-refractivity contribution >= 4 is 43.6 Å². The molecule has 9 rings (SSSR count). The molecule has 8 aromatic rings. The molecule has 0 radical (unpaired) electrons. The molecule has 2 nitrogen and oxygen atoms in total. The first-order chi connectivity index (χ1) is 21.8. The first kappa shape index (κ1) is 25.4. The van der Waals surface area contributed by atoms with Gasteiger partial charge in [-0.25, -0.2) is 0 Å². The van der Waals surface area contributed by atoms with Crippen molar-refractivity contribution in [3.8, 4) is 11.4 Å². The molecule has 2 aromatic heterocycles. The Balaban J connectivity index is 1.28. The van der Waals surface area contributed by atoms with E-state index in [1.54, 1.807) is 0 Å². The van der Waals surface area contributed by atoms with E-state index in [0.717, 1.165) is 0 Å². The molecule has 2 heterocycles. The normalized spacial score (nSPS) is 15.0. The van der Waals surface area contributed by atoms with Gasteiger partial charge in [0.15, 0.2) is 0 Å². The van der Waals surface area contributed by atoms with Gasteiger partial charge < -0.3 is 9.13 Å². The topological polar surface area (TPSA) is 9.86 Å². The van der Waals surface area contributed by atoms with Gasteiger partial charge in [0, 0.05) is 38.3 Å². The molecule has 0 N–H and O–H groups in total. The third kappa shape index (κ3) is 3.74. The fourth-order valence-electron chi connectivity index (χ4n) is 8.15. The molecule has 0 bridgehead atoms. The van der Waals surface area contributed by atoms with Crippen molar-refractivity contribution in [1.29, 1.82) is 0 Å². The summed E-state index contributed by atoms with van der Waals surface area (Å²) in [6, 6.07) is 54.0. The van der Waals surface area contributed by atoms with Crippen LogP contribution >= 0.6 is 0 Å². The summed E-state index contributed by atoms with van der Waals surface area (Å²) in [4.78, 5) is 0. The maximum absolute atomic E-state index is 2.53. The molecule has 1 aliphatic carbocycles. The predicted molar refractivity (Wildman–Crippen MR) is 185 cm³/mol. The number of fused-ring (bicyclic) bond motifs is 6. The quantitative estimate of drug-likeness (QED) is 0.200. The van der Waals surface area contributed by atoms with E-state index in [4.69, 9.17) is 0 Å². The lowest BCUT2D eigenvalue weighted by Crippen LogP contribution is -2.30. The van der Waals surface area contributed by atoms with Gasteiger partial charge in [0.2, 0.25) is 0 Å². The first-order valence-corrected chi connectivity index (χ1v) is 16.0. The van der Waals surface area contributed by atoms with Gasteiger partial charge in [-0.1, -0.05) is 104 Å². The average Bonchev–Trinajstić information content (AvgIpc) is 3.61. The van der Waals surface area contributed by atoms with E-state index < -0.39 is 0 Å². The van der Waals surface area contributed by atoms with Crippen LogP contribution < -0.4 is 0 Å². The second-order valence-electron chi connectivity index (χ2n) is 12.5. The summed E-state index contributed by atoms with van der Waals surface area (Å²) in [6.45, 7) is 0. The van der Waals surface area contributed by atoms with Gasteiger partial charge in [-0.2, -0.15) is 0 Å². The summed E-state index contributed by atoms with van der Waals surface area (Å²) in [6.07, 6.45) is 6.19. The first-order valence-electron chi connectivity index (χ1n) is 16.0. The Morgan fingerprint density at radius 1 is 0.364 bits per heavy atom. The molecule has 0 aliphatic heterocycles. The number of aromatic nitrogens is 2. The highest BCUT2D eigenvalue weighted by atomic mass is 15.0. The summed E-state index contributed by atoms with van der Waals surface area (Å²) >= 11 is 0. The zero-order chi connectivity index (χ0) is 29.1. The Kier molecular flexibility index (Phi) is 5.77. The summed E-state index contributed by atoms with van der Waals surface area (Å²) in [7, 11) is 0. The number of hydrogen-bond donors (Lipinski definition) is 0. The lowest BCUT2D eigenvalue weighted by Gasteiger charge is -2.39. The molecular formula is C42H34N2. The second kappa shape index (κ2) is 9.99. The Hall–Kier alpha value is -5.08. The molecule has 6 aromatic carbocycles. The fourth-order valence-corrected chi connectivity index (χ4v) is 8.15. The Labute approximate surface area is 257 Å². The van der Waals surface area contributed by atoms with Crippen LogP contribution in [0.25, 0.3) is 55.0 Å². The van der Waals surface area contributed by atoms with Crippen molar-refractivity contribution in [2.45, 2.75) is 37.5 Å². The van der Waals surface area contributed by atoms with E-state index in [1.165, 1.54) is 98.2 Å². The fraction of sp³-hybridized carbons (Fsp3) is 0.143. The zero-order valence-corrected chi connectivity index (χ0v) is 24.8. The highest BCUT2D eigenvalue weighted by Crippen LogP contribution is 2.48. The molecular weight excluding hydrogens is 532 g/mol. The minimum atomic E-state index is -0.00741. The molecule has 0 saturated heterocycles. The van der Waals surface area contributed by atoms with Gasteiger partial charge in [0.25, 0.3) is 0 Å². The van der Waals surface area contributed by atoms with Crippen molar-refractivity contribution in [3.05, 3.63) is 157 Å². The van der Waals surface area contributed by atoms with Crippen LogP contribution in [0.1, 0.15) is 43.2 Å². The molecule has 1 saturated carbocycles. The maximum Gasteiger partial charge on any atom is 0.0541 e. The Bertz CT molecular complexity index is 2140. The monoisotopic (exact) mass is 566 g/mol. The molecule has 1 aliphatic rings. The molecule has 2 heteroatoms. The van der Waals surface area contributed by atoms with E-state index in [0.29, 0.717) is 0 Å². The van der Waals surface area contributed by atoms with Crippen LogP contribution in [0.2, 0.25) is 0 Å². The van der Waals surface area contributed by atoms with Crippen molar-refractivity contribution in [2.75, 3.05) is 0 Å². The van der Waals surface area contributed by atoms with Gasteiger partial charge >= 0.3 is 0 Å². The number of nitrogens with zero attached hydrogens (tertiary/aromatic N) is 2. The molecule has 0 atom stereocenters. The van der Waals surface area contributed by atoms with Crippen LogP contribution in [0.5, 0.6) is 0 Å². The van der Waals surface area contributed by atoms with E-state index in [1.807, 2.05) is 0 Å². The highest BCUT2D eigenvalue weighted by molar-refractivity contribution is 6.10. The SMILES string of the molecule is c1ccc(-n2c3ccccc3c3cc(C4(c5ccc6c(c5)c5ccccc5n6-c5ccccc5)CCCCC4)ccc32)cc1. The maximum atomic E-state index is 2.53. The zero-order valence-electron chi connectivity index (χ0n) is 24.8. The summed E-state index contributed by atoms with van der Waals surface area (Å²) in [5.74, 6) is 0. The second-order valence-corrected chi connectivity index (χ2v) is 12.5. The van der Waals surface area contributed by atoms with Gasteiger partial charge in [-0.05, 0) is 84.6 Å². The van der Waals surface area contributed by atoms with Crippen LogP contribution in [0.3, 0.4) is 0 Å². The standard InChI is InChI=1S/C42H34N2/c1-4-14-32(15-5-1)43-38-20-10-8-18-34(38)36-28-30(22-24-40(36)43)42(26-12-3-13-27-42)31-23-25-41-37(29-31)35-19-9-11-21-39(35)44(41)33-16-6-2-7-17-33/h1-2,4-11,14-25,28-29H,3,12-13,26-27H2. The van der Waals surface area contributed by atoms with Crippen LogP contribution in [0.15, 0.2) is 146 Å². The van der Waals surface area contributed by atoms with Crippen molar-refractivity contribution in [1.82, 2.24) is 9.13 Å². The van der Waals surface area contributed by atoms with Gasteiger partial charge in [-0.15, -0.1) is 0 Å². The molecule has 0 unspecified atom stereocenters. The van der Waals surface area contributed by atoms with E-state index in [9.17, 15) is 0 Å². The molecule has 0 amide bonds. The van der Waals surface area contributed by atoms with Crippen molar-refractivity contribution in [2.24, 2.45) is 0 Å². The van der Waals surface area contributed by atoms with Gasteiger partial charge in [-0.3, -0.25) is 0 Å². The molecule has 212 valence electrons. The Morgan fingerprint density at radius 3 is 1.25 bits per heavy atom. The van der Waals surface area contributed by atoms with Crippen molar-refractivity contribution < 1.29 is 0 Å². The smallest absolute Gasteiger partial charge is 0.0541 e. The number of rotatable bonds is 4. The van der Waals surface area contributed by atoms with E-state index in [-0.39, 0.29) is 5.41 Å².